The van der Waals surface area contributed by atoms with Crippen molar-refractivity contribution < 1.29 is 19.2 Å². The van der Waals surface area contributed by atoms with Gasteiger partial charge in [0.05, 0.1) is 17.3 Å². The SMILES string of the molecule is CCOC(=O)Nc1nnc(SCC(=O)N2CCN(c3ccccc3[N+](=O)[O-])CC2)s1. The number of nitro groups is 1. The van der Waals surface area contributed by atoms with Gasteiger partial charge in [0.1, 0.15) is 5.69 Å². The number of nitro benzene ring substituents is 1. The van der Waals surface area contributed by atoms with Gasteiger partial charge >= 0.3 is 6.09 Å². The predicted molar refractivity (Wildman–Crippen MR) is 113 cm³/mol. The molecular formula is C17H20N6O5S2. The molecule has 160 valence electrons. The lowest BCUT2D eigenvalue weighted by molar-refractivity contribution is -0.384. The van der Waals surface area contributed by atoms with Crippen molar-refractivity contribution in [3.05, 3.63) is 34.4 Å². The summed E-state index contributed by atoms with van der Waals surface area (Å²) in [7, 11) is 0. The average molecular weight is 453 g/mol. The Kier molecular flexibility index (Phi) is 7.41. The van der Waals surface area contributed by atoms with Gasteiger partial charge in [-0.1, -0.05) is 35.2 Å². The van der Waals surface area contributed by atoms with Crippen LogP contribution in [-0.4, -0.2) is 70.6 Å². The van der Waals surface area contributed by atoms with Crippen LogP contribution in [0.15, 0.2) is 28.6 Å². The molecule has 1 aliphatic rings. The largest absolute Gasteiger partial charge is 0.450 e. The van der Waals surface area contributed by atoms with Crippen molar-refractivity contribution in [1.29, 1.82) is 0 Å². The van der Waals surface area contributed by atoms with Crippen molar-refractivity contribution in [3.8, 4) is 0 Å². The molecule has 2 aromatic rings. The second-order valence-electron chi connectivity index (χ2n) is 6.12. The third-order valence-corrected chi connectivity index (χ3v) is 6.22. The molecule has 0 radical (unpaired) electrons. The van der Waals surface area contributed by atoms with E-state index < -0.39 is 11.0 Å². The van der Waals surface area contributed by atoms with Gasteiger partial charge in [-0.3, -0.25) is 20.2 Å². The topological polar surface area (TPSA) is 131 Å². The van der Waals surface area contributed by atoms with Crippen LogP contribution >= 0.6 is 23.1 Å². The molecule has 1 saturated heterocycles. The molecule has 13 heteroatoms. The lowest BCUT2D eigenvalue weighted by atomic mass is 10.2. The first-order valence-electron chi connectivity index (χ1n) is 9.14. The van der Waals surface area contributed by atoms with E-state index in [2.05, 4.69) is 15.5 Å². The van der Waals surface area contributed by atoms with Crippen LogP contribution in [0, 0.1) is 10.1 Å². The van der Waals surface area contributed by atoms with Crippen molar-refractivity contribution in [2.45, 2.75) is 11.3 Å². The van der Waals surface area contributed by atoms with Gasteiger partial charge in [-0.05, 0) is 13.0 Å². The molecule has 1 aromatic carbocycles. The number of hydrogen-bond acceptors (Lipinski definition) is 10. The highest BCUT2D eigenvalue weighted by molar-refractivity contribution is 8.01. The Balaban J connectivity index is 1.48. The van der Waals surface area contributed by atoms with Crippen LogP contribution in [0.1, 0.15) is 6.92 Å². The Morgan fingerprint density at radius 2 is 2.00 bits per heavy atom. The summed E-state index contributed by atoms with van der Waals surface area (Å²) in [5.74, 6) is 0.150. The number of piperazine rings is 1. The number of thioether (sulfide) groups is 1. The number of nitrogens with one attached hydrogen (secondary N) is 1. The van der Waals surface area contributed by atoms with Crippen LogP contribution in [0.25, 0.3) is 0 Å². The maximum absolute atomic E-state index is 12.5. The molecule has 0 saturated carbocycles. The Morgan fingerprint density at radius 1 is 1.27 bits per heavy atom. The second kappa shape index (κ2) is 10.2. The van der Waals surface area contributed by atoms with Gasteiger partial charge in [0.25, 0.3) is 5.69 Å². The normalized spacial score (nSPS) is 13.8. The molecule has 0 spiro atoms. The monoisotopic (exact) mass is 452 g/mol. The molecule has 30 heavy (non-hydrogen) atoms. The third-order valence-electron chi connectivity index (χ3n) is 4.26. The molecule has 1 aromatic heterocycles. The highest BCUT2D eigenvalue weighted by Crippen LogP contribution is 2.29. The van der Waals surface area contributed by atoms with Gasteiger partial charge in [-0.2, -0.15) is 0 Å². The van der Waals surface area contributed by atoms with Crippen molar-refractivity contribution in [1.82, 2.24) is 15.1 Å². The number of hydrogen-bond donors (Lipinski definition) is 1. The van der Waals surface area contributed by atoms with Gasteiger partial charge in [0, 0.05) is 32.2 Å². The summed E-state index contributed by atoms with van der Waals surface area (Å²) in [4.78, 5) is 38.4. The fraction of sp³-hybridized carbons (Fsp3) is 0.412. The molecule has 3 rings (SSSR count). The number of ether oxygens (including phenoxy) is 1. The van der Waals surface area contributed by atoms with Crippen LogP contribution in [-0.2, 0) is 9.53 Å². The summed E-state index contributed by atoms with van der Waals surface area (Å²) in [6.45, 7) is 3.97. The summed E-state index contributed by atoms with van der Waals surface area (Å²) < 4.78 is 5.34. The zero-order valence-corrected chi connectivity index (χ0v) is 17.8. The Labute approximate surface area is 180 Å². The van der Waals surface area contributed by atoms with E-state index in [0.717, 1.165) is 11.3 Å². The van der Waals surface area contributed by atoms with Crippen molar-refractivity contribution in [3.63, 3.8) is 0 Å². The Bertz CT molecular complexity index is 916. The first kappa shape index (κ1) is 21.8. The van der Waals surface area contributed by atoms with E-state index in [-0.39, 0.29) is 24.0 Å². The van der Waals surface area contributed by atoms with Crippen LogP contribution in [0.4, 0.5) is 21.3 Å². The minimum absolute atomic E-state index is 0.0442. The number of carbonyl (C=O) groups excluding carboxylic acids is 2. The first-order chi connectivity index (χ1) is 14.5. The van der Waals surface area contributed by atoms with Gasteiger partial charge in [0.2, 0.25) is 11.0 Å². The number of benzene rings is 1. The summed E-state index contributed by atoms with van der Waals surface area (Å²) in [5.41, 5.74) is 0.635. The molecule has 11 nitrogen and oxygen atoms in total. The molecule has 0 atom stereocenters. The van der Waals surface area contributed by atoms with E-state index in [0.29, 0.717) is 41.3 Å². The maximum atomic E-state index is 12.5. The molecule has 0 bridgehead atoms. The summed E-state index contributed by atoms with van der Waals surface area (Å²) in [6, 6.07) is 6.61. The van der Waals surface area contributed by atoms with E-state index in [1.807, 2.05) is 4.90 Å². The summed E-state index contributed by atoms with van der Waals surface area (Å²) >= 11 is 2.41. The molecule has 2 heterocycles. The zero-order chi connectivity index (χ0) is 21.5. The van der Waals surface area contributed by atoms with Crippen LogP contribution in [0.2, 0.25) is 0 Å². The summed E-state index contributed by atoms with van der Waals surface area (Å²) in [5, 5.41) is 21.8. The van der Waals surface area contributed by atoms with Crippen molar-refractivity contribution in [2.24, 2.45) is 0 Å². The number of para-hydroxylation sites is 2. The highest BCUT2D eigenvalue weighted by atomic mass is 32.2. The fourth-order valence-electron chi connectivity index (χ4n) is 2.87. The minimum Gasteiger partial charge on any atom is -0.450 e. The average Bonchev–Trinajstić information content (AvgIpc) is 3.19. The van der Waals surface area contributed by atoms with Gasteiger partial charge in [-0.25, -0.2) is 4.79 Å². The Hall–Kier alpha value is -2.93. The number of rotatable bonds is 7. The molecule has 2 amide bonds. The fourth-order valence-corrected chi connectivity index (χ4v) is 4.51. The highest BCUT2D eigenvalue weighted by Gasteiger charge is 2.25. The predicted octanol–water partition coefficient (Wildman–Crippen LogP) is 2.46. The number of anilines is 2. The number of amides is 2. The van der Waals surface area contributed by atoms with Crippen molar-refractivity contribution >= 4 is 51.6 Å². The molecule has 1 aliphatic heterocycles. The standard InChI is InChI=1S/C17H20N6O5S2/c1-2-28-16(25)18-15-19-20-17(30-15)29-11-14(24)22-9-7-21(8-10-22)12-5-3-4-6-13(12)23(26)27/h3-6H,2,7-11H2,1H3,(H,18,19,25). The smallest absolute Gasteiger partial charge is 0.413 e. The summed E-state index contributed by atoms with van der Waals surface area (Å²) in [6.07, 6.45) is -0.599. The van der Waals surface area contributed by atoms with Gasteiger partial charge in [0.15, 0.2) is 4.34 Å². The van der Waals surface area contributed by atoms with E-state index in [1.54, 1.807) is 30.0 Å². The Morgan fingerprint density at radius 3 is 2.70 bits per heavy atom. The molecule has 1 fully saturated rings. The van der Waals surface area contributed by atoms with Gasteiger partial charge < -0.3 is 14.5 Å². The van der Waals surface area contributed by atoms with E-state index in [4.69, 9.17) is 4.74 Å². The molecular weight excluding hydrogens is 432 g/mol. The third kappa shape index (κ3) is 5.57. The molecule has 0 unspecified atom stereocenters. The lowest BCUT2D eigenvalue weighted by Gasteiger charge is -2.35. The van der Waals surface area contributed by atoms with Crippen LogP contribution < -0.4 is 10.2 Å². The van der Waals surface area contributed by atoms with E-state index >= 15 is 0 Å². The van der Waals surface area contributed by atoms with E-state index in [1.165, 1.54) is 17.8 Å². The number of carbonyl (C=O) groups is 2. The van der Waals surface area contributed by atoms with Crippen LogP contribution in [0.3, 0.4) is 0 Å². The van der Waals surface area contributed by atoms with E-state index in [9.17, 15) is 19.7 Å². The molecule has 1 N–H and O–H groups in total. The van der Waals surface area contributed by atoms with Crippen LogP contribution in [0.5, 0.6) is 0 Å². The van der Waals surface area contributed by atoms with Crippen molar-refractivity contribution in [2.75, 3.05) is 48.8 Å². The number of aromatic nitrogens is 2. The van der Waals surface area contributed by atoms with Gasteiger partial charge in [-0.15, -0.1) is 10.2 Å². The second-order valence-corrected chi connectivity index (χ2v) is 8.32. The quantitative estimate of drug-likeness (QED) is 0.291. The zero-order valence-electron chi connectivity index (χ0n) is 16.1. The lowest BCUT2D eigenvalue weighted by Crippen LogP contribution is -2.49. The maximum Gasteiger partial charge on any atom is 0.413 e. The molecule has 0 aliphatic carbocycles. The minimum atomic E-state index is -0.599. The number of nitrogens with zero attached hydrogens (tertiary/aromatic N) is 5. The first-order valence-corrected chi connectivity index (χ1v) is 10.9.